The molecular formula is C21H20ClFN4O4S. The minimum absolute atomic E-state index is 0.0421. The van der Waals surface area contributed by atoms with Crippen molar-refractivity contribution in [2.75, 3.05) is 19.7 Å². The van der Waals surface area contributed by atoms with Gasteiger partial charge in [-0.25, -0.2) is 12.8 Å². The van der Waals surface area contributed by atoms with Crippen molar-refractivity contribution in [1.29, 1.82) is 5.26 Å². The zero-order valence-corrected chi connectivity index (χ0v) is 18.9. The number of nitriles is 1. The van der Waals surface area contributed by atoms with Gasteiger partial charge in [-0.1, -0.05) is 11.6 Å². The Hall–Kier alpha value is -2.61. The van der Waals surface area contributed by atoms with Gasteiger partial charge in [-0.05, 0) is 32.4 Å². The van der Waals surface area contributed by atoms with Gasteiger partial charge in [-0.3, -0.25) is 4.79 Å². The van der Waals surface area contributed by atoms with E-state index in [-0.39, 0.29) is 34.0 Å². The van der Waals surface area contributed by atoms with Crippen molar-refractivity contribution in [1.82, 2.24) is 14.6 Å². The Labute approximate surface area is 189 Å². The van der Waals surface area contributed by atoms with Gasteiger partial charge in [0.05, 0.1) is 27.6 Å². The molecule has 2 N–H and O–H groups in total. The van der Waals surface area contributed by atoms with Crippen LogP contribution < -0.4 is 9.46 Å². The topological polar surface area (TPSA) is 115 Å². The van der Waals surface area contributed by atoms with Crippen molar-refractivity contribution in [3.63, 3.8) is 0 Å². The summed E-state index contributed by atoms with van der Waals surface area (Å²) < 4.78 is 48.3. The standard InChI is InChI=1S/C21H20ClFN4O4S/c1-11-12(19(28)27-8-20(2,7-24)9-27)4-18(25-11)32(29,30)26-21-6-14(21)13-3-15(22)16(23)5-17(13)31-10-21/h3-5,14,25-26H,6,8-10H2,1-2H3. The monoisotopic (exact) mass is 478 g/mol. The zero-order valence-electron chi connectivity index (χ0n) is 17.3. The number of rotatable bonds is 4. The molecule has 168 valence electrons. The number of aryl methyl sites for hydroxylation is 1. The summed E-state index contributed by atoms with van der Waals surface area (Å²) >= 11 is 5.89. The highest BCUT2D eigenvalue weighted by atomic mass is 35.5. The number of aromatic amines is 1. The summed E-state index contributed by atoms with van der Waals surface area (Å²) in [5.41, 5.74) is -0.0647. The number of hydrogen-bond donors (Lipinski definition) is 2. The second-order valence-corrected chi connectivity index (χ2v) is 11.2. The van der Waals surface area contributed by atoms with E-state index in [0.29, 0.717) is 36.5 Å². The average molecular weight is 479 g/mol. The van der Waals surface area contributed by atoms with Gasteiger partial charge >= 0.3 is 0 Å². The maximum absolute atomic E-state index is 13.7. The molecule has 2 unspecified atom stereocenters. The third kappa shape index (κ3) is 3.18. The van der Waals surface area contributed by atoms with Crippen LogP contribution in [0.1, 0.15) is 40.9 Å². The number of sulfonamides is 1. The van der Waals surface area contributed by atoms with Crippen LogP contribution in [0.2, 0.25) is 5.02 Å². The summed E-state index contributed by atoms with van der Waals surface area (Å²) in [5, 5.41) is 8.97. The van der Waals surface area contributed by atoms with Crippen LogP contribution in [0.3, 0.4) is 0 Å². The largest absolute Gasteiger partial charge is 0.491 e. The lowest BCUT2D eigenvalue weighted by Crippen LogP contribution is -2.56. The Balaban J connectivity index is 1.36. The molecule has 2 aliphatic heterocycles. The molecule has 11 heteroatoms. The van der Waals surface area contributed by atoms with Crippen LogP contribution in [0.4, 0.5) is 4.39 Å². The molecule has 0 radical (unpaired) electrons. The summed E-state index contributed by atoms with van der Waals surface area (Å²) in [7, 11) is -3.99. The summed E-state index contributed by atoms with van der Waals surface area (Å²) in [6, 6.07) is 6.19. The summed E-state index contributed by atoms with van der Waals surface area (Å²) in [6.45, 7) is 4.08. The van der Waals surface area contributed by atoms with Gasteiger partial charge in [0.2, 0.25) is 0 Å². The lowest BCUT2D eigenvalue weighted by molar-refractivity contribution is 0.0368. The molecule has 3 aliphatic rings. The van der Waals surface area contributed by atoms with Gasteiger partial charge in [0.1, 0.15) is 23.2 Å². The molecule has 1 aliphatic carbocycles. The minimum Gasteiger partial charge on any atom is -0.491 e. The van der Waals surface area contributed by atoms with E-state index in [1.807, 2.05) is 0 Å². The molecule has 1 saturated carbocycles. The van der Waals surface area contributed by atoms with Gasteiger partial charge in [0.15, 0.2) is 0 Å². The number of carbonyl (C=O) groups excluding carboxylic acids is 1. The van der Waals surface area contributed by atoms with Crippen molar-refractivity contribution in [2.45, 2.75) is 36.8 Å². The lowest BCUT2D eigenvalue weighted by Gasteiger charge is -2.43. The molecule has 32 heavy (non-hydrogen) atoms. The number of halogens is 2. The number of likely N-dealkylation sites (tertiary alicyclic amines) is 1. The number of nitrogens with zero attached hydrogens (tertiary/aromatic N) is 2. The van der Waals surface area contributed by atoms with Crippen LogP contribution in [-0.2, 0) is 10.0 Å². The van der Waals surface area contributed by atoms with Crippen LogP contribution in [0.25, 0.3) is 0 Å². The molecular weight excluding hydrogens is 459 g/mol. The van der Waals surface area contributed by atoms with E-state index in [4.69, 9.17) is 21.6 Å². The molecule has 1 saturated heterocycles. The van der Waals surface area contributed by atoms with Gasteiger partial charge < -0.3 is 14.6 Å². The fourth-order valence-electron chi connectivity index (χ4n) is 4.56. The normalized spacial score (nSPS) is 25.1. The molecule has 2 aromatic rings. The number of hydrogen-bond acceptors (Lipinski definition) is 5. The second kappa shape index (κ2) is 6.70. The summed E-state index contributed by atoms with van der Waals surface area (Å²) in [4.78, 5) is 17.1. The summed E-state index contributed by atoms with van der Waals surface area (Å²) in [6.07, 6.45) is 0.493. The number of benzene rings is 1. The van der Waals surface area contributed by atoms with E-state index in [1.165, 1.54) is 23.1 Å². The van der Waals surface area contributed by atoms with Crippen molar-refractivity contribution in [3.05, 3.63) is 45.9 Å². The number of fused-ring (bicyclic) bond motifs is 3. The van der Waals surface area contributed by atoms with Crippen molar-refractivity contribution in [3.8, 4) is 11.8 Å². The molecule has 8 nitrogen and oxygen atoms in total. The van der Waals surface area contributed by atoms with Crippen LogP contribution in [-0.4, -0.2) is 49.4 Å². The SMILES string of the molecule is Cc1[nH]c(S(=O)(=O)NC23COc4cc(F)c(Cl)cc4C2C3)cc1C(=O)N1CC(C)(C#N)C1. The van der Waals surface area contributed by atoms with Gasteiger partial charge in [0, 0.05) is 36.3 Å². The van der Waals surface area contributed by atoms with Gasteiger partial charge in [-0.15, -0.1) is 0 Å². The molecule has 0 bridgehead atoms. The maximum Gasteiger partial charge on any atom is 0.256 e. The predicted octanol–water partition coefficient (Wildman–Crippen LogP) is 2.70. The first-order valence-corrected chi connectivity index (χ1v) is 11.9. The first-order chi connectivity index (χ1) is 15.0. The highest BCUT2D eigenvalue weighted by Gasteiger charge is 2.61. The molecule has 0 spiro atoms. The first kappa shape index (κ1) is 21.2. The van der Waals surface area contributed by atoms with Crippen molar-refractivity contribution >= 4 is 27.5 Å². The van der Waals surface area contributed by atoms with E-state index in [1.54, 1.807) is 13.8 Å². The number of nitrogens with one attached hydrogen (secondary N) is 2. The van der Waals surface area contributed by atoms with E-state index in [2.05, 4.69) is 15.8 Å². The average Bonchev–Trinajstić information content (AvgIpc) is 3.28. The van der Waals surface area contributed by atoms with Gasteiger partial charge in [0.25, 0.3) is 15.9 Å². The fraction of sp³-hybridized carbons (Fsp3) is 0.429. The van der Waals surface area contributed by atoms with Crippen LogP contribution >= 0.6 is 11.6 Å². The van der Waals surface area contributed by atoms with E-state index in [0.717, 1.165) is 0 Å². The quantitative estimate of drug-likeness (QED) is 0.701. The minimum atomic E-state index is -3.99. The molecule has 3 heterocycles. The third-order valence-electron chi connectivity index (χ3n) is 6.47. The van der Waals surface area contributed by atoms with E-state index < -0.39 is 26.8 Å². The lowest BCUT2D eigenvalue weighted by atomic mass is 9.83. The van der Waals surface area contributed by atoms with Crippen molar-refractivity contribution < 1.29 is 22.3 Å². The zero-order chi connectivity index (χ0) is 23.1. The number of ether oxygens (including phenoxy) is 1. The highest BCUT2D eigenvalue weighted by Crippen LogP contribution is 2.58. The van der Waals surface area contributed by atoms with Gasteiger partial charge in [-0.2, -0.15) is 9.98 Å². The van der Waals surface area contributed by atoms with E-state index in [9.17, 15) is 17.6 Å². The predicted molar refractivity (Wildman–Crippen MR) is 112 cm³/mol. The van der Waals surface area contributed by atoms with Crippen LogP contribution in [0.15, 0.2) is 23.2 Å². The van der Waals surface area contributed by atoms with Crippen molar-refractivity contribution in [2.24, 2.45) is 5.41 Å². The summed E-state index contributed by atoms with van der Waals surface area (Å²) in [5.74, 6) is -0.717. The smallest absolute Gasteiger partial charge is 0.256 e. The Kier molecular flexibility index (Phi) is 4.45. The second-order valence-electron chi connectivity index (χ2n) is 9.12. The highest BCUT2D eigenvalue weighted by molar-refractivity contribution is 7.89. The first-order valence-electron chi connectivity index (χ1n) is 10.0. The number of carbonyl (C=O) groups is 1. The molecule has 1 amide bonds. The third-order valence-corrected chi connectivity index (χ3v) is 8.24. The maximum atomic E-state index is 13.7. The Morgan fingerprint density at radius 3 is 2.81 bits per heavy atom. The molecule has 1 aromatic heterocycles. The fourth-order valence-corrected chi connectivity index (χ4v) is 6.22. The Morgan fingerprint density at radius 2 is 2.12 bits per heavy atom. The number of amides is 1. The van der Waals surface area contributed by atoms with E-state index >= 15 is 0 Å². The Bertz CT molecular complexity index is 1310. The number of aromatic nitrogens is 1. The van der Waals surface area contributed by atoms with Crippen LogP contribution in [0.5, 0.6) is 5.75 Å². The molecule has 5 rings (SSSR count). The molecule has 2 atom stereocenters. The van der Waals surface area contributed by atoms with Crippen LogP contribution in [0, 0.1) is 29.5 Å². The number of H-pyrrole nitrogens is 1. The Morgan fingerprint density at radius 1 is 1.41 bits per heavy atom. The molecule has 2 fully saturated rings. The molecule has 1 aromatic carbocycles.